The number of anilines is 1. The summed E-state index contributed by atoms with van der Waals surface area (Å²) >= 11 is 0. The van der Waals surface area contributed by atoms with Gasteiger partial charge in [0.25, 0.3) is 11.8 Å². The van der Waals surface area contributed by atoms with E-state index < -0.39 is 0 Å². The average Bonchev–Trinajstić information content (AvgIpc) is 3.29. The normalized spacial score (nSPS) is 18.1. The molecule has 3 amide bonds. The number of alkyl carbamates (subject to hydrolysis) is 1. The summed E-state index contributed by atoms with van der Waals surface area (Å²) in [6, 6.07) is 14.8. The van der Waals surface area contributed by atoms with Crippen LogP contribution < -0.4 is 10.7 Å². The van der Waals surface area contributed by atoms with Crippen molar-refractivity contribution < 1.29 is 19.1 Å². The van der Waals surface area contributed by atoms with Crippen LogP contribution in [-0.4, -0.2) is 47.7 Å². The molecule has 0 radical (unpaired) electrons. The monoisotopic (exact) mass is 420 g/mol. The Balaban J connectivity index is 1.23. The van der Waals surface area contributed by atoms with Crippen LogP contribution in [0.15, 0.2) is 53.6 Å². The van der Waals surface area contributed by atoms with E-state index in [1.54, 1.807) is 24.3 Å². The van der Waals surface area contributed by atoms with Gasteiger partial charge in [-0.2, -0.15) is 5.10 Å². The molecular formula is C23H24N4O4. The highest BCUT2D eigenvalue weighted by atomic mass is 16.6. The van der Waals surface area contributed by atoms with E-state index in [1.165, 1.54) is 4.90 Å². The molecule has 2 aromatic carbocycles. The Hall–Kier alpha value is -3.68. The maximum absolute atomic E-state index is 12.4. The summed E-state index contributed by atoms with van der Waals surface area (Å²) in [4.78, 5) is 37.2. The lowest BCUT2D eigenvalue weighted by Crippen LogP contribution is -2.30. The third-order valence-electron chi connectivity index (χ3n) is 5.35. The first kappa shape index (κ1) is 20.6. The number of hydrogen-bond donors (Lipinski definition) is 2. The van der Waals surface area contributed by atoms with Gasteiger partial charge in [0.05, 0.1) is 22.9 Å². The predicted molar refractivity (Wildman–Crippen MR) is 116 cm³/mol. The molecule has 0 bridgehead atoms. The highest BCUT2D eigenvalue weighted by Crippen LogP contribution is 2.22. The van der Waals surface area contributed by atoms with E-state index in [0.717, 1.165) is 17.0 Å². The third-order valence-corrected chi connectivity index (χ3v) is 5.35. The van der Waals surface area contributed by atoms with Gasteiger partial charge < -0.3 is 10.1 Å². The van der Waals surface area contributed by atoms with Gasteiger partial charge in [-0.05, 0) is 56.0 Å². The number of nitrogens with one attached hydrogen (secondary N) is 2. The first-order chi connectivity index (χ1) is 15.0. The van der Waals surface area contributed by atoms with Gasteiger partial charge >= 0.3 is 6.09 Å². The van der Waals surface area contributed by atoms with Crippen molar-refractivity contribution in [3.8, 4) is 0 Å². The number of hydrazone groups is 1. The van der Waals surface area contributed by atoms with Crippen LogP contribution in [0.3, 0.4) is 0 Å². The molecular weight excluding hydrogens is 396 g/mol. The van der Waals surface area contributed by atoms with Crippen molar-refractivity contribution in [2.45, 2.75) is 32.2 Å². The van der Waals surface area contributed by atoms with E-state index in [0.29, 0.717) is 43.5 Å². The summed E-state index contributed by atoms with van der Waals surface area (Å²) in [5, 5.41) is 7.14. The van der Waals surface area contributed by atoms with Crippen LogP contribution in [0.2, 0.25) is 0 Å². The number of amides is 3. The van der Waals surface area contributed by atoms with Crippen molar-refractivity contribution in [3.05, 3.63) is 65.2 Å². The molecule has 0 saturated carbocycles. The second kappa shape index (κ2) is 8.99. The molecule has 8 nitrogen and oxygen atoms in total. The van der Waals surface area contributed by atoms with Crippen molar-refractivity contribution in [3.63, 3.8) is 0 Å². The Kier molecular flexibility index (Phi) is 5.97. The third kappa shape index (κ3) is 4.74. The smallest absolute Gasteiger partial charge is 0.407 e. The van der Waals surface area contributed by atoms with E-state index in [2.05, 4.69) is 15.8 Å². The Morgan fingerprint density at radius 2 is 1.77 bits per heavy atom. The highest BCUT2D eigenvalue weighted by Gasteiger charge is 2.34. The molecule has 0 aliphatic carbocycles. The molecule has 31 heavy (non-hydrogen) atoms. The fourth-order valence-corrected chi connectivity index (χ4v) is 3.69. The van der Waals surface area contributed by atoms with E-state index in [-0.39, 0.29) is 23.9 Å². The maximum Gasteiger partial charge on any atom is 0.407 e. The van der Waals surface area contributed by atoms with E-state index in [4.69, 9.17) is 4.74 Å². The number of nitrogens with zero attached hydrogens (tertiary/aromatic N) is 2. The lowest BCUT2D eigenvalue weighted by molar-refractivity contribution is 0.0653. The summed E-state index contributed by atoms with van der Waals surface area (Å²) < 4.78 is 4.90. The minimum absolute atomic E-state index is 0.00809. The number of benzene rings is 2. The minimum atomic E-state index is -0.365. The molecule has 2 heterocycles. The summed E-state index contributed by atoms with van der Waals surface area (Å²) in [7, 11) is 0. The quantitative estimate of drug-likeness (QED) is 0.388. The van der Waals surface area contributed by atoms with Crippen LogP contribution in [-0.2, 0) is 11.2 Å². The maximum atomic E-state index is 12.4. The van der Waals surface area contributed by atoms with Gasteiger partial charge in [0.15, 0.2) is 0 Å². The molecule has 160 valence electrons. The van der Waals surface area contributed by atoms with Crippen molar-refractivity contribution in [2.24, 2.45) is 5.10 Å². The summed E-state index contributed by atoms with van der Waals surface area (Å²) in [5.41, 5.74) is 6.82. The fraction of sp³-hybridized carbons (Fsp3) is 0.304. The molecule has 0 unspecified atom stereocenters. The van der Waals surface area contributed by atoms with Crippen LogP contribution in [0, 0.1) is 0 Å². The number of carbonyl (C=O) groups is 3. The lowest BCUT2D eigenvalue weighted by Gasteiger charge is -2.13. The number of imide groups is 1. The average molecular weight is 420 g/mol. The Bertz CT molecular complexity index is 997. The molecule has 2 aromatic rings. The zero-order valence-corrected chi connectivity index (χ0v) is 17.3. The van der Waals surface area contributed by atoms with Crippen molar-refractivity contribution in [1.82, 2.24) is 10.2 Å². The lowest BCUT2D eigenvalue weighted by atomic mass is 10.1. The Labute approximate surface area is 180 Å². The Morgan fingerprint density at radius 3 is 2.39 bits per heavy atom. The zero-order chi connectivity index (χ0) is 21.8. The van der Waals surface area contributed by atoms with Crippen LogP contribution in [0.1, 0.15) is 46.0 Å². The van der Waals surface area contributed by atoms with Crippen LogP contribution in [0.5, 0.6) is 0 Å². The van der Waals surface area contributed by atoms with Crippen molar-refractivity contribution in [2.75, 3.05) is 18.6 Å². The van der Waals surface area contributed by atoms with Gasteiger partial charge in [0.2, 0.25) is 0 Å². The highest BCUT2D eigenvalue weighted by molar-refractivity contribution is 6.21. The van der Waals surface area contributed by atoms with Crippen molar-refractivity contribution >= 4 is 29.3 Å². The summed E-state index contributed by atoms with van der Waals surface area (Å²) in [5.74, 6) is -0.450. The van der Waals surface area contributed by atoms with Gasteiger partial charge in [0, 0.05) is 12.3 Å². The molecule has 1 saturated heterocycles. The Morgan fingerprint density at radius 1 is 1.10 bits per heavy atom. The predicted octanol–water partition coefficient (Wildman–Crippen LogP) is 3.20. The molecule has 2 aliphatic heterocycles. The second-order valence-corrected chi connectivity index (χ2v) is 7.71. The van der Waals surface area contributed by atoms with Crippen molar-refractivity contribution in [1.29, 1.82) is 0 Å². The van der Waals surface area contributed by atoms with Crippen LogP contribution >= 0.6 is 0 Å². The molecule has 1 atom stereocenters. The molecule has 0 aromatic heterocycles. The van der Waals surface area contributed by atoms with Crippen LogP contribution in [0.25, 0.3) is 0 Å². The molecule has 4 rings (SSSR count). The van der Waals surface area contributed by atoms with Gasteiger partial charge in [-0.15, -0.1) is 0 Å². The molecule has 0 spiro atoms. The second-order valence-electron chi connectivity index (χ2n) is 7.71. The molecule has 8 heteroatoms. The number of carbonyl (C=O) groups excluding carboxylic acids is 3. The number of hydrogen-bond acceptors (Lipinski definition) is 6. The summed E-state index contributed by atoms with van der Waals surface area (Å²) in [6.07, 6.45) is 1.67. The van der Waals surface area contributed by atoms with Gasteiger partial charge in [-0.3, -0.25) is 19.9 Å². The molecule has 1 fully saturated rings. The fourth-order valence-electron chi connectivity index (χ4n) is 3.69. The van der Waals surface area contributed by atoms with Gasteiger partial charge in [0.1, 0.15) is 6.61 Å². The first-order valence-electron chi connectivity index (χ1n) is 10.3. The zero-order valence-electron chi connectivity index (χ0n) is 17.3. The number of rotatable bonds is 8. The first-order valence-corrected chi connectivity index (χ1v) is 10.3. The minimum Gasteiger partial charge on any atom is -0.447 e. The number of cyclic esters (lactones) is 1. The summed E-state index contributed by atoms with van der Waals surface area (Å²) in [6.45, 7) is 2.67. The molecule has 2 N–H and O–H groups in total. The van der Waals surface area contributed by atoms with E-state index in [9.17, 15) is 14.4 Å². The standard InChI is InChI=1S/C23H24N4O4/c1-15(5-4-12-27-21(28)19-6-2-3-7-20(19)22(27)29)25-26-17-10-8-16(9-11-17)13-18-14-31-23(30)24-18/h2-3,6-11,18,26H,4-5,12-14H2,1H3,(H,24,30)/b25-15+/t18-/m0/s1. The number of ether oxygens (including phenoxy) is 1. The van der Waals surface area contributed by atoms with Crippen LogP contribution in [0.4, 0.5) is 10.5 Å². The largest absolute Gasteiger partial charge is 0.447 e. The molecule has 2 aliphatic rings. The van der Waals surface area contributed by atoms with E-state index >= 15 is 0 Å². The van der Waals surface area contributed by atoms with E-state index in [1.807, 2.05) is 31.2 Å². The SMILES string of the molecule is C/C(CCCN1C(=O)c2ccccc2C1=O)=N\Nc1ccc(C[C@H]2COC(=O)N2)cc1. The topological polar surface area (TPSA) is 100 Å². The van der Waals surface area contributed by atoms with Gasteiger partial charge in [-0.1, -0.05) is 24.3 Å². The number of fused-ring (bicyclic) bond motifs is 1. The van der Waals surface area contributed by atoms with Gasteiger partial charge in [-0.25, -0.2) is 4.79 Å².